The number of aryl methyl sites for hydroxylation is 1. The van der Waals surface area contributed by atoms with E-state index in [1.165, 1.54) is 0 Å². The molecule has 0 aromatic carbocycles. The molecule has 0 amide bonds. The number of likely N-dealkylation sites (N-methyl/N-ethyl adjacent to an activating group) is 2. The molecule has 1 aromatic heterocycles. The van der Waals surface area contributed by atoms with Gasteiger partial charge in [-0.1, -0.05) is 0 Å². The normalized spacial score (nSPS) is 12.3. The van der Waals surface area contributed by atoms with Gasteiger partial charge in [-0.05, 0) is 34.9 Å². The predicted molar refractivity (Wildman–Crippen MR) is 84.0 cm³/mol. The molecule has 1 rings (SSSR count). The second kappa shape index (κ2) is 7.16. The quantitative estimate of drug-likeness (QED) is 0.602. The SMILES string of the molecule is CCN(c1nc(NC)nc(C)c1[N+](=O)[O-])C(C)CN(C)C. The van der Waals surface area contributed by atoms with Crippen LogP contribution in [0.1, 0.15) is 19.5 Å². The van der Waals surface area contributed by atoms with E-state index in [1.54, 1.807) is 14.0 Å². The lowest BCUT2D eigenvalue weighted by atomic mass is 10.2. The third-order valence-corrected chi connectivity index (χ3v) is 3.22. The Kier molecular flexibility index (Phi) is 5.83. The molecule has 1 N–H and O–H groups in total. The first-order chi connectivity index (χ1) is 9.81. The van der Waals surface area contributed by atoms with Crippen LogP contribution in [0.3, 0.4) is 0 Å². The van der Waals surface area contributed by atoms with Gasteiger partial charge in [-0.3, -0.25) is 10.1 Å². The predicted octanol–water partition coefficient (Wildman–Crippen LogP) is 1.51. The van der Waals surface area contributed by atoms with E-state index in [0.717, 1.165) is 6.54 Å². The molecule has 0 radical (unpaired) electrons. The highest BCUT2D eigenvalue weighted by Gasteiger charge is 2.28. The molecule has 0 spiro atoms. The molecule has 0 saturated carbocycles. The number of nitrogens with one attached hydrogen (secondary N) is 1. The fraction of sp³-hybridized carbons (Fsp3) is 0.692. The Morgan fingerprint density at radius 1 is 1.38 bits per heavy atom. The maximum absolute atomic E-state index is 11.4. The molecular formula is C13H24N6O2. The molecule has 8 nitrogen and oxygen atoms in total. The molecule has 21 heavy (non-hydrogen) atoms. The van der Waals surface area contributed by atoms with Gasteiger partial charge in [0.2, 0.25) is 11.8 Å². The standard InChI is InChI=1S/C13H24N6O2/c1-7-18(9(2)8-17(5)6)12-11(19(20)21)10(3)15-13(14-4)16-12/h9H,7-8H2,1-6H3,(H,14,15,16). The van der Waals surface area contributed by atoms with E-state index in [2.05, 4.69) is 15.3 Å². The van der Waals surface area contributed by atoms with Gasteiger partial charge in [-0.2, -0.15) is 4.98 Å². The van der Waals surface area contributed by atoms with Gasteiger partial charge in [0.25, 0.3) is 0 Å². The van der Waals surface area contributed by atoms with Crippen LogP contribution in [-0.4, -0.2) is 60.1 Å². The van der Waals surface area contributed by atoms with Gasteiger partial charge in [0.1, 0.15) is 5.69 Å². The van der Waals surface area contributed by atoms with Gasteiger partial charge < -0.3 is 15.1 Å². The van der Waals surface area contributed by atoms with E-state index in [4.69, 9.17) is 0 Å². The second-order valence-electron chi connectivity index (χ2n) is 5.21. The minimum absolute atomic E-state index is 0.0264. The zero-order valence-electron chi connectivity index (χ0n) is 13.5. The van der Waals surface area contributed by atoms with E-state index in [0.29, 0.717) is 24.0 Å². The number of nitro groups is 1. The number of anilines is 2. The summed E-state index contributed by atoms with van der Waals surface area (Å²) in [5.74, 6) is 0.761. The molecule has 1 aromatic rings. The summed E-state index contributed by atoms with van der Waals surface area (Å²) in [6.45, 7) is 7.04. The lowest BCUT2D eigenvalue weighted by Crippen LogP contribution is -2.41. The highest BCUT2D eigenvalue weighted by atomic mass is 16.6. The molecule has 8 heteroatoms. The minimum atomic E-state index is -0.408. The monoisotopic (exact) mass is 296 g/mol. The third-order valence-electron chi connectivity index (χ3n) is 3.22. The summed E-state index contributed by atoms with van der Waals surface area (Å²) < 4.78 is 0. The Bertz CT molecular complexity index is 506. The number of nitrogens with zero attached hydrogens (tertiary/aromatic N) is 5. The van der Waals surface area contributed by atoms with E-state index in [9.17, 15) is 10.1 Å². The number of hydrogen-bond donors (Lipinski definition) is 1. The smallest absolute Gasteiger partial charge is 0.332 e. The first-order valence-corrected chi connectivity index (χ1v) is 6.93. The Balaban J connectivity index is 3.35. The van der Waals surface area contributed by atoms with Crippen LogP contribution in [0, 0.1) is 17.0 Å². The highest BCUT2D eigenvalue weighted by Crippen LogP contribution is 2.30. The summed E-state index contributed by atoms with van der Waals surface area (Å²) in [7, 11) is 5.65. The molecule has 0 aliphatic carbocycles. The van der Waals surface area contributed by atoms with Crippen molar-refractivity contribution in [3.63, 3.8) is 0 Å². The number of hydrogen-bond acceptors (Lipinski definition) is 7. The van der Waals surface area contributed by atoms with Crippen molar-refractivity contribution in [2.45, 2.75) is 26.8 Å². The summed E-state index contributed by atoms with van der Waals surface area (Å²) in [5.41, 5.74) is 0.339. The molecule has 1 heterocycles. The van der Waals surface area contributed by atoms with E-state index < -0.39 is 4.92 Å². The van der Waals surface area contributed by atoms with Gasteiger partial charge in [0.05, 0.1) is 4.92 Å². The van der Waals surface area contributed by atoms with Crippen LogP contribution < -0.4 is 10.2 Å². The van der Waals surface area contributed by atoms with Gasteiger partial charge >= 0.3 is 5.69 Å². The molecule has 0 aliphatic heterocycles. The van der Waals surface area contributed by atoms with Crippen LogP contribution in [0.4, 0.5) is 17.5 Å². The van der Waals surface area contributed by atoms with Gasteiger partial charge in [-0.25, -0.2) is 4.98 Å². The van der Waals surface area contributed by atoms with Crippen molar-refractivity contribution in [3.8, 4) is 0 Å². The molecule has 1 unspecified atom stereocenters. The second-order valence-corrected chi connectivity index (χ2v) is 5.21. The summed E-state index contributed by atoms with van der Waals surface area (Å²) in [6.07, 6.45) is 0. The molecule has 0 bridgehead atoms. The molecule has 0 fully saturated rings. The summed E-state index contributed by atoms with van der Waals surface area (Å²) >= 11 is 0. The summed E-state index contributed by atoms with van der Waals surface area (Å²) in [5, 5.41) is 14.2. The maximum atomic E-state index is 11.4. The summed E-state index contributed by atoms with van der Waals surface area (Å²) in [4.78, 5) is 23.4. The Labute approximate surface area is 125 Å². The van der Waals surface area contributed by atoms with Crippen LogP contribution in [0.15, 0.2) is 0 Å². The molecule has 0 aliphatic rings. The zero-order chi connectivity index (χ0) is 16.2. The van der Waals surface area contributed by atoms with Crippen LogP contribution in [0.25, 0.3) is 0 Å². The van der Waals surface area contributed by atoms with Crippen molar-refractivity contribution in [1.29, 1.82) is 0 Å². The highest BCUT2D eigenvalue weighted by molar-refractivity contribution is 5.62. The van der Waals surface area contributed by atoms with E-state index in [-0.39, 0.29) is 11.7 Å². The van der Waals surface area contributed by atoms with Crippen molar-refractivity contribution >= 4 is 17.5 Å². The largest absolute Gasteiger partial charge is 0.357 e. The molecular weight excluding hydrogens is 272 g/mol. The minimum Gasteiger partial charge on any atom is -0.357 e. The topological polar surface area (TPSA) is 87.4 Å². The van der Waals surface area contributed by atoms with E-state index >= 15 is 0 Å². The lowest BCUT2D eigenvalue weighted by Gasteiger charge is -2.31. The van der Waals surface area contributed by atoms with Gasteiger partial charge in [0, 0.05) is 26.2 Å². The van der Waals surface area contributed by atoms with Crippen molar-refractivity contribution in [3.05, 3.63) is 15.8 Å². The van der Waals surface area contributed by atoms with Crippen molar-refractivity contribution in [2.24, 2.45) is 0 Å². The lowest BCUT2D eigenvalue weighted by molar-refractivity contribution is -0.385. The zero-order valence-corrected chi connectivity index (χ0v) is 13.5. The van der Waals surface area contributed by atoms with Crippen LogP contribution in [-0.2, 0) is 0 Å². The Hall–Kier alpha value is -1.96. The van der Waals surface area contributed by atoms with Crippen molar-refractivity contribution in [1.82, 2.24) is 14.9 Å². The van der Waals surface area contributed by atoms with Crippen LogP contribution >= 0.6 is 0 Å². The Morgan fingerprint density at radius 2 is 2.00 bits per heavy atom. The first kappa shape index (κ1) is 17.1. The van der Waals surface area contributed by atoms with Gasteiger partial charge in [-0.15, -0.1) is 0 Å². The maximum Gasteiger partial charge on any atom is 0.332 e. The number of aromatic nitrogens is 2. The van der Waals surface area contributed by atoms with Crippen LogP contribution in [0.5, 0.6) is 0 Å². The Morgan fingerprint density at radius 3 is 2.43 bits per heavy atom. The first-order valence-electron chi connectivity index (χ1n) is 6.93. The fourth-order valence-corrected chi connectivity index (χ4v) is 2.37. The third kappa shape index (κ3) is 4.01. The number of rotatable bonds is 7. The average Bonchev–Trinajstić information content (AvgIpc) is 2.37. The fourth-order valence-electron chi connectivity index (χ4n) is 2.37. The molecule has 1 atom stereocenters. The van der Waals surface area contributed by atoms with E-state index in [1.807, 2.05) is 37.7 Å². The molecule has 0 saturated heterocycles. The molecule has 118 valence electrons. The average molecular weight is 296 g/mol. The van der Waals surface area contributed by atoms with Gasteiger partial charge in [0.15, 0.2) is 0 Å². The van der Waals surface area contributed by atoms with Crippen LogP contribution in [0.2, 0.25) is 0 Å². The van der Waals surface area contributed by atoms with Crippen molar-refractivity contribution in [2.75, 3.05) is 44.4 Å². The van der Waals surface area contributed by atoms with Crippen molar-refractivity contribution < 1.29 is 4.92 Å². The summed E-state index contributed by atoms with van der Waals surface area (Å²) in [6, 6.07) is 0.0997.